The number of benzene rings is 1. The molecule has 0 bridgehead atoms. The molecule has 3 amide bonds. The number of hydrogen-bond acceptors (Lipinski definition) is 7. The van der Waals surface area contributed by atoms with Crippen molar-refractivity contribution in [2.75, 3.05) is 0 Å². The molecule has 2 aromatic heterocycles. The number of hydrogen-bond donors (Lipinski definition) is 8. The van der Waals surface area contributed by atoms with Crippen LogP contribution in [0.5, 0.6) is 0 Å². The van der Waals surface area contributed by atoms with Crippen LogP contribution in [-0.4, -0.2) is 79.1 Å². The second-order valence-electron chi connectivity index (χ2n) is 9.94. The van der Waals surface area contributed by atoms with Crippen molar-refractivity contribution in [3.8, 4) is 0 Å². The van der Waals surface area contributed by atoms with Crippen molar-refractivity contribution in [2.45, 2.75) is 70.3 Å². The minimum atomic E-state index is -1.27. The molecular weight excluding hydrogens is 518 g/mol. The number of aromatic nitrogens is 3. The molecule has 13 heteroatoms. The van der Waals surface area contributed by atoms with Gasteiger partial charge in [-0.2, -0.15) is 0 Å². The molecule has 6 atom stereocenters. The number of carbonyl (C=O) groups is 4. The van der Waals surface area contributed by atoms with Gasteiger partial charge in [0.1, 0.15) is 24.2 Å². The van der Waals surface area contributed by atoms with Gasteiger partial charge in [-0.3, -0.25) is 14.4 Å². The maximum absolute atomic E-state index is 13.4. The van der Waals surface area contributed by atoms with E-state index in [1.807, 2.05) is 31.2 Å². The number of H-pyrrole nitrogens is 2. The van der Waals surface area contributed by atoms with Gasteiger partial charge in [0.05, 0.1) is 12.4 Å². The van der Waals surface area contributed by atoms with E-state index in [2.05, 4.69) is 30.9 Å². The van der Waals surface area contributed by atoms with Crippen LogP contribution >= 0.6 is 0 Å². The van der Waals surface area contributed by atoms with Crippen LogP contribution in [0.25, 0.3) is 10.9 Å². The van der Waals surface area contributed by atoms with Gasteiger partial charge in [-0.25, -0.2) is 9.78 Å². The van der Waals surface area contributed by atoms with Crippen molar-refractivity contribution in [1.29, 1.82) is 0 Å². The highest BCUT2D eigenvalue weighted by Gasteiger charge is 2.33. The Morgan fingerprint density at radius 1 is 0.975 bits per heavy atom. The number of aromatic amines is 2. The van der Waals surface area contributed by atoms with Gasteiger partial charge in [0.15, 0.2) is 0 Å². The highest BCUT2D eigenvalue weighted by Crippen LogP contribution is 2.19. The Balaban J connectivity index is 1.78. The average Bonchev–Trinajstić information content (AvgIpc) is 3.59. The first kappa shape index (κ1) is 30.3. The molecule has 0 aliphatic heterocycles. The standard InChI is InChI=1S/C27H37N7O6/c1-4-14(2)23(26(38)33-21(27(39)40)9-16-11-30-19-8-6-5-7-18(16)19)34-24(36)20(10-17-12-29-13-31-17)32-25(37)22(28)15(3)35/h5-8,11-15,20-23,30,35H,4,9-10,28H2,1-3H3,(H,29,31)(H,32,37)(H,33,38)(H,34,36)(H,39,40). The summed E-state index contributed by atoms with van der Waals surface area (Å²) in [5.41, 5.74) is 7.85. The number of aliphatic hydroxyl groups excluding tert-OH is 1. The number of imidazole rings is 1. The van der Waals surface area contributed by atoms with Gasteiger partial charge in [-0.15, -0.1) is 0 Å². The average molecular weight is 556 g/mol. The zero-order chi connectivity index (χ0) is 29.4. The fourth-order valence-electron chi connectivity index (χ4n) is 4.25. The van der Waals surface area contributed by atoms with Gasteiger partial charge in [0.2, 0.25) is 17.7 Å². The zero-order valence-electron chi connectivity index (χ0n) is 22.7. The third-order valence-electron chi connectivity index (χ3n) is 6.94. The molecule has 40 heavy (non-hydrogen) atoms. The van der Waals surface area contributed by atoms with Crippen molar-refractivity contribution in [3.05, 3.63) is 54.2 Å². The summed E-state index contributed by atoms with van der Waals surface area (Å²) < 4.78 is 0. The number of para-hydroxylation sites is 1. The molecule has 0 aliphatic rings. The lowest BCUT2D eigenvalue weighted by Gasteiger charge is -2.28. The molecule has 3 rings (SSSR count). The molecule has 6 unspecified atom stereocenters. The van der Waals surface area contributed by atoms with Crippen LogP contribution in [-0.2, 0) is 32.0 Å². The number of aliphatic carboxylic acids is 1. The molecule has 13 nitrogen and oxygen atoms in total. The Hall–Kier alpha value is -4.23. The van der Waals surface area contributed by atoms with Gasteiger partial charge < -0.3 is 41.9 Å². The Kier molecular flexibility index (Phi) is 10.4. The third-order valence-corrected chi connectivity index (χ3v) is 6.94. The number of rotatable bonds is 14. The highest BCUT2D eigenvalue weighted by atomic mass is 16.4. The largest absolute Gasteiger partial charge is 0.480 e. The molecule has 1 aromatic carbocycles. The Morgan fingerprint density at radius 2 is 1.68 bits per heavy atom. The van der Waals surface area contributed by atoms with Gasteiger partial charge in [-0.05, 0) is 24.5 Å². The SMILES string of the molecule is CCC(C)C(NC(=O)C(Cc1cnc[nH]1)NC(=O)C(N)C(C)O)C(=O)NC(Cc1c[nH]c2ccccc12)C(=O)O. The Bertz CT molecular complexity index is 1310. The van der Waals surface area contributed by atoms with Crippen molar-refractivity contribution in [1.82, 2.24) is 30.9 Å². The monoisotopic (exact) mass is 555 g/mol. The van der Waals surface area contributed by atoms with E-state index >= 15 is 0 Å². The molecular formula is C27H37N7O6. The van der Waals surface area contributed by atoms with Crippen molar-refractivity contribution in [3.63, 3.8) is 0 Å². The number of fused-ring (bicyclic) bond motifs is 1. The fourth-order valence-corrected chi connectivity index (χ4v) is 4.25. The van der Waals surface area contributed by atoms with Gasteiger partial charge in [0, 0.05) is 41.8 Å². The molecule has 0 aliphatic carbocycles. The van der Waals surface area contributed by atoms with Crippen LogP contribution < -0.4 is 21.7 Å². The highest BCUT2D eigenvalue weighted by molar-refractivity contribution is 5.94. The molecule has 0 spiro atoms. The maximum Gasteiger partial charge on any atom is 0.326 e. The summed E-state index contributed by atoms with van der Waals surface area (Å²) in [6.07, 6.45) is 4.01. The second kappa shape index (κ2) is 13.7. The number of nitrogens with zero attached hydrogens (tertiary/aromatic N) is 1. The summed E-state index contributed by atoms with van der Waals surface area (Å²) in [6.45, 7) is 4.95. The number of carbonyl (C=O) groups excluding carboxylic acids is 3. The van der Waals surface area contributed by atoms with E-state index < -0.39 is 54.0 Å². The number of carboxylic acid groups (broad SMARTS) is 1. The fraction of sp³-hybridized carbons (Fsp3) is 0.444. The molecule has 0 saturated carbocycles. The zero-order valence-corrected chi connectivity index (χ0v) is 22.7. The summed E-state index contributed by atoms with van der Waals surface area (Å²) in [5.74, 6) is -3.67. The lowest BCUT2D eigenvalue weighted by Crippen LogP contribution is -2.60. The van der Waals surface area contributed by atoms with Crippen molar-refractivity contribution < 1.29 is 29.4 Å². The molecule has 3 aromatic rings. The number of nitrogens with one attached hydrogen (secondary N) is 5. The molecule has 9 N–H and O–H groups in total. The van der Waals surface area contributed by atoms with E-state index in [4.69, 9.17) is 5.73 Å². The van der Waals surface area contributed by atoms with Crippen molar-refractivity contribution in [2.24, 2.45) is 11.7 Å². The van der Waals surface area contributed by atoms with E-state index in [1.165, 1.54) is 19.4 Å². The summed E-state index contributed by atoms with van der Waals surface area (Å²) in [6, 6.07) is 2.67. The van der Waals surface area contributed by atoms with Crippen LogP contribution in [0.3, 0.4) is 0 Å². The lowest BCUT2D eigenvalue weighted by molar-refractivity contribution is -0.142. The Morgan fingerprint density at radius 3 is 2.30 bits per heavy atom. The van der Waals surface area contributed by atoms with Gasteiger partial charge in [-0.1, -0.05) is 38.5 Å². The predicted octanol–water partition coefficient (Wildman–Crippen LogP) is -0.0306. The quantitative estimate of drug-likeness (QED) is 0.135. The smallest absolute Gasteiger partial charge is 0.326 e. The molecule has 0 radical (unpaired) electrons. The summed E-state index contributed by atoms with van der Waals surface area (Å²) >= 11 is 0. The topological polar surface area (TPSA) is 215 Å². The number of carboxylic acids is 1. The first-order valence-corrected chi connectivity index (χ1v) is 13.1. The van der Waals surface area contributed by atoms with E-state index in [9.17, 15) is 29.4 Å². The van der Waals surface area contributed by atoms with Crippen LogP contribution in [0.2, 0.25) is 0 Å². The second-order valence-corrected chi connectivity index (χ2v) is 9.94. The van der Waals surface area contributed by atoms with E-state index in [-0.39, 0.29) is 18.8 Å². The first-order valence-electron chi connectivity index (χ1n) is 13.1. The predicted molar refractivity (Wildman–Crippen MR) is 147 cm³/mol. The molecule has 0 fully saturated rings. The van der Waals surface area contributed by atoms with Crippen LogP contribution in [0, 0.1) is 5.92 Å². The lowest BCUT2D eigenvalue weighted by atomic mass is 9.96. The minimum absolute atomic E-state index is 0.0112. The van der Waals surface area contributed by atoms with Gasteiger partial charge in [0.25, 0.3) is 0 Å². The summed E-state index contributed by atoms with van der Waals surface area (Å²) in [7, 11) is 0. The van der Waals surface area contributed by atoms with Gasteiger partial charge >= 0.3 is 5.97 Å². The maximum atomic E-state index is 13.4. The summed E-state index contributed by atoms with van der Waals surface area (Å²) in [5, 5.41) is 28.2. The van der Waals surface area contributed by atoms with E-state index in [1.54, 1.807) is 13.1 Å². The van der Waals surface area contributed by atoms with E-state index in [0.29, 0.717) is 12.1 Å². The normalized spacial score (nSPS) is 15.8. The first-order chi connectivity index (χ1) is 19.0. The van der Waals surface area contributed by atoms with Crippen LogP contribution in [0.1, 0.15) is 38.4 Å². The third kappa shape index (κ3) is 7.67. The number of nitrogens with two attached hydrogens (primary N) is 1. The van der Waals surface area contributed by atoms with Crippen LogP contribution in [0.15, 0.2) is 43.0 Å². The van der Waals surface area contributed by atoms with Crippen LogP contribution in [0.4, 0.5) is 0 Å². The van der Waals surface area contributed by atoms with Crippen molar-refractivity contribution >= 4 is 34.6 Å². The molecule has 0 saturated heterocycles. The number of aliphatic hydroxyl groups is 1. The molecule has 216 valence electrons. The number of amides is 3. The minimum Gasteiger partial charge on any atom is -0.480 e. The summed E-state index contributed by atoms with van der Waals surface area (Å²) in [4.78, 5) is 61.3. The Labute approximate surface area is 231 Å². The molecule has 2 heterocycles. The van der Waals surface area contributed by atoms with E-state index in [0.717, 1.165) is 16.5 Å².